The van der Waals surface area contributed by atoms with E-state index in [-0.39, 0.29) is 26.4 Å². The predicted molar refractivity (Wildman–Crippen MR) is 91.8 cm³/mol. The second-order valence-electron chi connectivity index (χ2n) is 4.49. The van der Waals surface area contributed by atoms with Crippen LogP contribution < -0.4 is 10.6 Å². The molecule has 2 aromatic carbocycles. The van der Waals surface area contributed by atoms with Crippen LogP contribution in [0, 0.1) is 10.1 Å². The molecule has 0 saturated heterocycles. The van der Waals surface area contributed by atoms with Crippen molar-refractivity contribution in [2.45, 2.75) is 0 Å². The Balaban J connectivity index is 2.10. The topological polar surface area (TPSA) is 101 Å². The molecule has 2 rings (SSSR count). The Hall–Kier alpha value is -2.35. The molecule has 0 radical (unpaired) electrons. The maximum atomic E-state index is 11.9. The fourth-order valence-corrected chi connectivity index (χ4v) is 2.44. The standard InChI is InChI=1S/C14H8Cl3N3O4/c15-7-3-8(16)5-10(4-7)19-14(22)13(21)18-9-1-2-11(17)12(6-9)20(23)24/h1-6H,(H,18,21)(H,19,22). The van der Waals surface area contributed by atoms with Crippen molar-refractivity contribution < 1.29 is 14.5 Å². The van der Waals surface area contributed by atoms with E-state index < -0.39 is 22.4 Å². The van der Waals surface area contributed by atoms with Crippen LogP contribution in [0.15, 0.2) is 36.4 Å². The second-order valence-corrected chi connectivity index (χ2v) is 5.77. The Morgan fingerprint density at radius 2 is 1.42 bits per heavy atom. The van der Waals surface area contributed by atoms with Gasteiger partial charge in [0.05, 0.1) is 4.92 Å². The molecule has 0 saturated carbocycles. The van der Waals surface area contributed by atoms with Crippen LogP contribution in [-0.2, 0) is 9.59 Å². The summed E-state index contributed by atoms with van der Waals surface area (Å²) >= 11 is 17.3. The molecular weight excluding hydrogens is 381 g/mol. The van der Waals surface area contributed by atoms with Gasteiger partial charge in [-0.25, -0.2) is 0 Å². The first-order valence-corrected chi connectivity index (χ1v) is 7.42. The summed E-state index contributed by atoms with van der Waals surface area (Å²) in [6.07, 6.45) is 0. The van der Waals surface area contributed by atoms with Crippen molar-refractivity contribution in [2.75, 3.05) is 10.6 Å². The third kappa shape index (κ3) is 4.58. The van der Waals surface area contributed by atoms with Crippen molar-refractivity contribution >= 4 is 63.7 Å². The summed E-state index contributed by atoms with van der Waals surface area (Å²) < 4.78 is 0. The summed E-state index contributed by atoms with van der Waals surface area (Å²) in [5.74, 6) is -2.02. The molecular formula is C14H8Cl3N3O4. The van der Waals surface area contributed by atoms with E-state index in [1.165, 1.54) is 30.3 Å². The van der Waals surface area contributed by atoms with Crippen molar-refractivity contribution in [3.8, 4) is 0 Å². The lowest BCUT2D eigenvalue weighted by Crippen LogP contribution is -2.29. The maximum Gasteiger partial charge on any atom is 0.314 e. The molecule has 0 fully saturated rings. The summed E-state index contributed by atoms with van der Waals surface area (Å²) in [5.41, 5.74) is -0.110. The van der Waals surface area contributed by atoms with Crippen molar-refractivity contribution in [1.82, 2.24) is 0 Å². The molecule has 2 amide bonds. The Kier molecular flexibility index (Phi) is 5.61. The Labute approximate surface area is 150 Å². The number of rotatable bonds is 3. The molecule has 2 N–H and O–H groups in total. The van der Waals surface area contributed by atoms with E-state index in [4.69, 9.17) is 34.8 Å². The maximum absolute atomic E-state index is 11.9. The minimum absolute atomic E-state index is 0.0513. The zero-order valence-electron chi connectivity index (χ0n) is 11.7. The highest BCUT2D eigenvalue weighted by Crippen LogP contribution is 2.27. The van der Waals surface area contributed by atoms with Gasteiger partial charge in [-0.15, -0.1) is 0 Å². The van der Waals surface area contributed by atoms with Crippen molar-refractivity contribution in [2.24, 2.45) is 0 Å². The van der Waals surface area contributed by atoms with Crippen LogP contribution >= 0.6 is 34.8 Å². The normalized spacial score (nSPS) is 10.1. The molecule has 0 heterocycles. The first-order chi connectivity index (χ1) is 11.3. The predicted octanol–water partition coefficient (Wildman–Crippen LogP) is 4.13. The first kappa shape index (κ1) is 18.0. The number of benzene rings is 2. The average molecular weight is 389 g/mol. The molecule has 0 spiro atoms. The monoisotopic (exact) mass is 387 g/mol. The smallest absolute Gasteiger partial charge is 0.314 e. The number of hydrogen-bond acceptors (Lipinski definition) is 4. The van der Waals surface area contributed by atoms with Crippen molar-refractivity contribution in [3.63, 3.8) is 0 Å². The Morgan fingerprint density at radius 3 is 1.96 bits per heavy atom. The molecule has 0 aliphatic heterocycles. The fraction of sp³-hybridized carbons (Fsp3) is 0. The lowest BCUT2D eigenvalue weighted by atomic mass is 10.2. The number of carbonyl (C=O) groups excluding carboxylic acids is 2. The van der Waals surface area contributed by atoms with Crippen LogP contribution in [0.2, 0.25) is 15.1 Å². The van der Waals surface area contributed by atoms with Gasteiger partial charge in [0.1, 0.15) is 5.02 Å². The number of amides is 2. The molecule has 0 unspecified atom stereocenters. The van der Waals surface area contributed by atoms with Gasteiger partial charge < -0.3 is 10.6 Å². The van der Waals surface area contributed by atoms with Crippen molar-refractivity contribution in [1.29, 1.82) is 0 Å². The van der Waals surface area contributed by atoms with Crippen LogP contribution in [0.1, 0.15) is 0 Å². The number of nitro groups is 1. The quantitative estimate of drug-likeness (QED) is 0.469. The largest absolute Gasteiger partial charge is 0.318 e. The molecule has 0 aliphatic carbocycles. The highest BCUT2D eigenvalue weighted by Gasteiger charge is 2.18. The minimum Gasteiger partial charge on any atom is -0.318 e. The highest BCUT2D eigenvalue weighted by molar-refractivity contribution is 6.44. The Bertz CT molecular complexity index is 822. The van der Waals surface area contributed by atoms with Crippen LogP contribution in [0.3, 0.4) is 0 Å². The summed E-state index contributed by atoms with van der Waals surface area (Å²) in [6.45, 7) is 0. The van der Waals surface area contributed by atoms with E-state index in [1.54, 1.807) is 0 Å². The first-order valence-electron chi connectivity index (χ1n) is 6.28. The van der Waals surface area contributed by atoms with Gasteiger partial charge in [-0.3, -0.25) is 19.7 Å². The summed E-state index contributed by atoms with van der Waals surface area (Å²) in [5, 5.41) is 15.8. The zero-order chi connectivity index (χ0) is 17.9. The molecule has 10 heteroatoms. The third-order valence-corrected chi connectivity index (χ3v) is 3.48. The lowest BCUT2D eigenvalue weighted by Gasteiger charge is -2.07. The van der Waals surface area contributed by atoms with Gasteiger partial charge in [0.2, 0.25) is 0 Å². The summed E-state index contributed by atoms with van der Waals surface area (Å²) in [7, 11) is 0. The van der Waals surface area contributed by atoms with Gasteiger partial charge in [0.25, 0.3) is 5.69 Å². The fourth-order valence-electron chi connectivity index (χ4n) is 1.73. The number of nitro benzene ring substituents is 1. The number of halogens is 3. The number of anilines is 2. The molecule has 0 atom stereocenters. The Morgan fingerprint density at radius 1 is 0.875 bits per heavy atom. The molecule has 124 valence electrons. The number of carbonyl (C=O) groups is 2. The SMILES string of the molecule is O=C(Nc1cc(Cl)cc(Cl)c1)C(=O)Nc1ccc(Cl)c([N+](=O)[O-])c1. The number of nitrogens with zero attached hydrogens (tertiary/aromatic N) is 1. The zero-order valence-corrected chi connectivity index (χ0v) is 13.9. The van der Waals surface area contributed by atoms with Crippen LogP contribution in [0.25, 0.3) is 0 Å². The van der Waals surface area contributed by atoms with Gasteiger partial charge in [0.15, 0.2) is 0 Å². The van der Waals surface area contributed by atoms with Crippen LogP contribution in [0.5, 0.6) is 0 Å². The van der Waals surface area contributed by atoms with E-state index in [1.807, 2.05) is 0 Å². The van der Waals surface area contributed by atoms with E-state index in [2.05, 4.69) is 10.6 Å². The van der Waals surface area contributed by atoms with Crippen molar-refractivity contribution in [3.05, 3.63) is 61.6 Å². The van der Waals surface area contributed by atoms with Gasteiger partial charge >= 0.3 is 11.8 Å². The van der Waals surface area contributed by atoms with Gasteiger partial charge in [0, 0.05) is 27.5 Å². The third-order valence-electron chi connectivity index (χ3n) is 2.73. The number of hydrogen-bond donors (Lipinski definition) is 2. The number of nitrogens with one attached hydrogen (secondary N) is 2. The van der Waals surface area contributed by atoms with E-state index in [9.17, 15) is 19.7 Å². The molecule has 0 bridgehead atoms. The van der Waals surface area contributed by atoms with Gasteiger partial charge in [-0.2, -0.15) is 0 Å². The van der Waals surface area contributed by atoms with Crippen LogP contribution in [0.4, 0.5) is 17.1 Å². The molecule has 0 aromatic heterocycles. The molecule has 0 aliphatic rings. The molecule has 2 aromatic rings. The van der Waals surface area contributed by atoms with E-state index in [0.717, 1.165) is 6.07 Å². The summed E-state index contributed by atoms with van der Waals surface area (Å²) in [4.78, 5) is 33.8. The molecule has 24 heavy (non-hydrogen) atoms. The minimum atomic E-state index is -1.03. The van der Waals surface area contributed by atoms with Gasteiger partial charge in [-0.1, -0.05) is 34.8 Å². The lowest BCUT2D eigenvalue weighted by molar-refractivity contribution is -0.384. The second kappa shape index (κ2) is 7.48. The summed E-state index contributed by atoms with van der Waals surface area (Å²) in [6, 6.07) is 7.90. The van der Waals surface area contributed by atoms with Gasteiger partial charge in [-0.05, 0) is 30.3 Å². The van der Waals surface area contributed by atoms with E-state index in [0.29, 0.717) is 0 Å². The highest BCUT2D eigenvalue weighted by atomic mass is 35.5. The van der Waals surface area contributed by atoms with E-state index >= 15 is 0 Å². The molecule has 7 nitrogen and oxygen atoms in total. The average Bonchev–Trinajstić information content (AvgIpc) is 2.47. The van der Waals surface area contributed by atoms with Crippen LogP contribution in [-0.4, -0.2) is 16.7 Å².